The fourth-order valence-corrected chi connectivity index (χ4v) is 3.05. The second-order valence-corrected chi connectivity index (χ2v) is 8.51. The van der Waals surface area contributed by atoms with Gasteiger partial charge in [0.1, 0.15) is 24.0 Å². The Balaban J connectivity index is 2.18. The van der Waals surface area contributed by atoms with Crippen molar-refractivity contribution >= 4 is 29.6 Å². The van der Waals surface area contributed by atoms with E-state index in [-0.39, 0.29) is 24.9 Å². The van der Waals surface area contributed by atoms with E-state index in [2.05, 4.69) is 10.1 Å². The number of rotatable bonds is 5. The highest BCUT2D eigenvalue weighted by atomic mass is 35.5. The van der Waals surface area contributed by atoms with Crippen molar-refractivity contribution in [1.29, 1.82) is 0 Å². The van der Waals surface area contributed by atoms with Crippen molar-refractivity contribution in [2.75, 3.05) is 19.7 Å². The SMILES string of the molecule is CC(C)(C)OC(=O)N1CC(C(C=NCC(F)(F)F)=NN)OCC1Cc1ccc(Cl)cc1. The zero-order valence-electron chi connectivity index (χ0n) is 17.5. The van der Waals surface area contributed by atoms with Gasteiger partial charge in [-0.05, 0) is 44.9 Å². The molecule has 1 amide bonds. The number of morpholine rings is 1. The number of hydrazone groups is 1. The molecule has 31 heavy (non-hydrogen) atoms. The lowest BCUT2D eigenvalue weighted by Gasteiger charge is -2.40. The van der Waals surface area contributed by atoms with Crippen molar-refractivity contribution in [3.8, 4) is 0 Å². The molecule has 1 fully saturated rings. The minimum atomic E-state index is -4.45. The van der Waals surface area contributed by atoms with Gasteiger partial charge in [0.15, 0.2) is 0 Å². The molecular formula is C20H26ClF3N4O3. The molecule has 0 aromatic heterocycles. The lowest BCUT2D eigenvalue weighted by Crippen LogP contribution is -2.56. The molecule has 1 aromatic carbocycles. The predicted molar refractivity (Wildman–Crippen MR) is 113 cm³/mol. The highest BCUT2D eigenvalue weighted by Crippen LogP contribution is 2.22. The molecule has 0 saturated carbocycles. The van der Waals surface area contributed by atoms with Crippen molar-refractivity contribution in [2.24, 2.45) is 15.9 Å². The number of nitrogens with two attached hydrogens (primary N) is 1. The number of amides is 1. The molecule has 0 aliphatic carbocycles. The normalized spacial score (nSPS) is 20.9. The first-order valence-electron chi connectivity index (χ1n) is 9.58. The molecule has 172 valence electrons. The zero-order chi connectivity index (χ0) is 23.2. The first-order valence-corrected chi connectivity index (χ1v) is 9.96. The molecule has 2 rings (SSSR count). The molecule has 1 saturated heterocycles. The molecule has 0 bridgehead atoms. The summed E-state index contributed by atoms with van der Waals surface area (Å²) in [5.74, 6) is 5.34. The number of carbonyl (C=O) groups is 1. The summed E-state index contributed by atoms with van der Waals surface area (Å²) < 4.78 is 48.4. The van der Waals surface area contributed by atoms with E-state index >= 15 is 0 Å². The number of hydrogen-bond acceptors (Lipinski definition) is 6. The molecule has 1 heterocycles. The highest BCUT2D eigenvalue weighted by Gasteiger charge is 2.37. The maximum atomic E-state index is 12.8. The monoisotopic (exact) mass is 462 g/mol. The summed E-state index contributed by atoms with van der Waals surface area (Å²) in [6.07, 6.45) is -4.46. The van der Waals surface area contributed by atoms with E-state index in [1.54, 1.807) is 32.9 Å². The van der Waals surface area contributed by atoms with E-state index in [1.165, 1.54) is 4.90 Å². The van der Waals surface area contributed by atoms with Gasteiger partial charge in [0, 0.05) is 11.2 Å². The minimum Gasteiger partial charge on any atom is -0.444 e. The van der Waals surface area contributed by atoms with E-state index in [9.17, 15) is 18.0 Å². The third-order valence-electron chi connectivity index (χ3n) is 4.28. The number of halogens is 4. The molecule has 11 heteroatoms. The molecule has 1 aromatic rings. The Bertz CT molecular complexity index is 807. The van der Waals surface area contributed by atoms with Crippen LogP contribution >= 0.6 is 11.6 Å². The summed E-state index contributed by atoms with van der Waals surface area (Å²) in [4.78, 5) is 17.7. The Morgan fingerprint density at radius 2 is 1.97 bits per heavy atom. The van der Waals surface area contributed by atoms with Gasteiger partial charge < -0.3 is 15.3 Å². The van der Waals surface area contributed by atoms with E-state index in [4.69, 9.17) is 26.9 Å². The quantitative estimate of drug-likeness (QED) is 0.409. The third-order valence-corrected chi connectivity index (χ3v) is 4.53. The fraction of sp³-hybridized carbons (Fsp3) is 0.550. The predicted octanol–water partition coefficient (Wildman–Crippen LogP) is 3.83. The van der Waals surface area contributed by atoms with Gasteiger partial charge in [0.2, 0.25) is 0 Å². The molecule has 0 spiro atoms. The number of benzene rings is 1. The Morgan fingerprint density at radius 1 is 1.32 bits per heavy atom. The van der Waals surface area contributed by atoms with Crippen LogP contribution in [-0.2, 0) is 15.9 Å². The second-order valence-electron chi connectivity index (χ2n) is 8.08. The molecule has 2 N–H and O–H groups in total. The van der Waals surface area contributed by atoms with Gasteiger partial charge in [-0.1, -0.05) is 23.7 Å². The Morgan fingerprint density at radius 3 is 2.52 bits per heavy atom. The average Bonchev–Trinajstić information content (AvgIpc) is 2.65. The van der Waals surface area contributed by atoms with Crippen LogP contribution in [0.15, 0.2) is 34.4 Å². The first-order chi connectivity index (χ1) is 14.4. The molecule has 2 unspecified atom stereocenters. The largest absolute Gasteiger partial charge is 0.444 e. The van der Waals surface area contributed by atoms with Crippen LogP contribution in [-0.4, -0.2) is 66.5 Å². The number of ether oxygens (including phenoxy) is 2. The van der Waals surface area contributed by atoms with Gasteiger partial charge in [0.05, 0.1) is 19.2 Å². The van der Waals surface area contributed by atoms with E-state index in [0.29, 0.717) is 11.4 Å². The van der Waals surface area contributed by atoms with E-state index in [0.717, 1.165) is 11.8 Å². The van der Waals surface area contributed by atoms with Crippen LogP contribution in [0.25, 0.3) is 0 Å². The van der Waals surface area contributed by atoms with Crippen molar-refractivity contribution in [1.82, 2.24) is 4.90 Å². The summed E-state index contributed by atoms with van der Waals surface area (Å²) in [5.41, 5.74) is 0.210. The smallest absolute Gasteiger partial charge is 0.410 e. The van der Waals surface area contributed by atoms with Crippen molar-refractivity contribution in [3.05, 3.63) is 34.9 Å². The lowest BCUT2D eigenvalue weighted by molar-refractivity contribution is -0.118. The zero-order valence-corrected chi connectivity index (χ0v) is 18.3. The van der Waals surface area contributed by atoms with Crippen molar-refractivity contribution in [2.45, 2.75) is 51.1 Å². The fourth-order valence-electron chi connectivity index (χ4n) is 2.92. The van der Waals surface area contributed by atoms with Crippen LogP contribution in [0.3, 0.4) is 0 Å². The summed E-state index contributed by atoms with van der Waals surface area (Å²) in [6.45, 7) is 3.97. The summed E-state index contributed by atoms with van der Waals surface area (Å²) in [6, 6.07) is 6.82. The molecule has 7 nitrogen and oxygen atoms in total. The molecule has 0 radical (unpaired) electrons. The Hall–Kier alpha value is -2.33. The number of carbonyl (C=O) groups excluding carboxylic acids is 1. The van der Waals surface area contributed by atoms with Crippen molar-refractivity contribution in [3.63, 3.8) is 0 Å². The topological polar surface area (TPSA) is 89.5 Å². The van der Waals surface area contributed by atoms with Gasteiger partial charge in [-0.25, -0.2) is 4.79 Å². The third kappa shape index (κ3) is 8.37. The maximum absolute atomic E-state index is 12.8. The van der Waals surface area contributed by atoms with Gasteiger partial charge >= 0.3 is 12.3 Å². The standard InChI is InChI=1S/C20H26ClF3N4O3/c1-19(2,3)31-18(29)28-10-17(16(27-25)9-26-12-20(22,23)24)30-11-15(28)8-13-4-6-14(21)7-5-13/h4-7,9,15,17H,8,10-12,25H2,1-3H3. The number of nitrogens with zero attached hydrogens (tertiary/aromatic N) is 3. The van der Waals surface area contributed by atoms with Gasteiger partial charge in [-0.2, -0.15) is 18.3 Å². The van der Waals surface area contributed by atoms with E-state index in [1.807, 2.05) is 12.1 Å². The van der Waals surface area contributed by atoms with Crippen molar-refractivity contribution < 1.29 is 27.4 Å². The first kappa shape index (κ1) is 24.9. The van der Waals surface area contributed by atoms with Crippen LogP contribution in [0.1, 0.15) is 26.3 Å². The molecule has 2 atom stereocenters. The maximum Gasteiger partial charge on any atom is 0.410 e. The van der Waals surface area contributed by atoms with Crippen LogP contribution in [0.4, 0.5) is 18.0 Å². The molecule has 1 aliphatic heterocycles. The highest BCUT2D eigenvalue weighted by molar-refractivity contribution is 6.32. The van der Waals surface area contributed by atoms with Gasteiger partial charge in [-0.15, -0.1) is 0 Å². The lowest BCUT2D eigenvalue weighted by atomic mass is 10.0. The second kappa shape index (κ2) is 10.3. The average molecular weight is 463 g/mol. The van der Waals surface area contributed by atoms with Gasteiger partial charge in [0.25, 0.3) is 0 Å². The minimum absolute atomic E-state index is 0.00123. The Kier molecular flexibility index (Phi) is 8.30. The van der Waals surface area contributed by atoms with Crippen LogP contribution in [0, 0.1) is 0 Å². The van der Waals surface area contributed by atoms with E-state index < -0.39 is 30.5 Å². The van der Waals surface area contributed by atoms with Crippen LogP contribution in [0.2, 0.25) is 5.02 Å². The van der Waals surface area contributed by atoms with Crippen LogP contribution < -0.4 is 5.84 Å². The number of hydrogen-bond donors (Lipinski definition) is 1. The summed E-state index contributed by atoms with van der Waals surface area (Å²) in [5, 5.41) is 4.09. The number of aliphatic imine (C=N–C) groups is 1. The molecular weight excluding hydrogens is 437 g/mol. The van der Waals surface area contributed by atoms with Crippen LogP contribution in [0.5, 0.6) is 0 Å². The number of alkyl halides is 3. The Labute approximate surface area is 184 Å². The summed E-state index contributed by atoms with van der Waals surface area (Å²) >= 11 is 5.93. The summed E-state index contributed by atoms with van der Waals surface area (Å²) in [7, 11) is 0. The van der Waals surface area contributed by atoms with Gasteiger partial charge in [-0.3, -0.25) is 9.89 Å². The molecule has 1 aliphatic rings.